The summed E-state index contributed by atoms with van der Waals surface area (Å²) >= 11 is 1.85. The van der Waals surface area contributed by atoms with E-state index in [9.17, 15) is 0 Å². The molecule has 0 spiro atoms. The van der Waals surface area contributed by atoms with Crippen molar-refractivity contribution in [3.05, 3.63) is 30.3 Å². The molecule has 2 N–H and O–H groups in total. The molecular weight excluding hydrogens is 228 g/mol. The zero-order valence-electron chi connectivity index (χ0n) is 11.1. The molecule has 96 valence electrons. The molecule has 0 aliphatic heterocycles. The molecule has 0 bridgehead atoms. The number of benzene rings is 1. The molecule has 0 heterocycles. The van der Waals surface area contributed by atoms with E-state index in [-0.39, 0.29) is 6.04 Å². The van der Waals surface area contributed by atoms with Gasteiger partial charge in [0.1, 0.15) is 0 Å². The second-order valence-electron chi connectivity index (χ2n) is 4.75. The van der Waals surface area contributed by atoms with Crippen molar-refractivity contribution in [2.24, 2.45) is 5.73 Å². The molecule has 2 nitrogen and oxygen atoms in total. The molecule has 0 aliphatic carbocycles. The summed E-state index contributed by atoms with van der Waals surface area (Å²) in [6.07, 6.45) is 1.06. The van der Waals surface area contributed by atoms with Crippen molar-refractivity contribution in [1.29, 1.82) is 0 Å². The van der Waals surface area contributed by atoms with Crippen LogP contribution in [0.5, 0.6) is 0 Å². The summed E-state index contributed by atoms with van der Waals surface area (Å²) in [6, 6.07) is 11.3. The van der Waals surface area contributed by atoms with E-state index in [1.165, 1.54) is 4.90 Å². The van der Waals surface area contributed by atoms with Crippen LogP contribution in [0.3, 0.4) is 0 Å². The topological polar surface area (TPSA) is 29.3 Å². The van der Waals surface area contributed by atoms with E-state index in [4.69, 9.17) is 5.73 Å². The second kappa shape index (κ2) is 7.75. The summed E-state index contributed by atoms with van der Waals surface area (Å²) in [4.78, 5) is 3.65. The summed E-state index contributed by atoms with van der Waals surface area (Å²) < 4.78 is 0. The summed E-state index contributed by atoms with van der Waals surface area (Å²) in [5.74, 6) is 0.996. The van der Waals surface area contributed by atoms with Crippen molar-refractivity contribution < 1.29 is 0 Å². The van der Waals surface area contributed by atoms with Gasteiger partial charge in [-0.15, -0.1) is 11.8 Å². The van der Waals surface area contributed by atoms with Crippen LogP contribution in [-0.2, 0) is 0 Å². The lowest BCUT2D eigenvalue weighted by molar-refractivity contribution is 0.265. The van der Waals surface area contributed by atoms with Crippen LogP contribution >= 0.6 is 11.8 Å². The van der Waals surface area contributed by atoms with Crippen molar-refractivity contribution in [2.75, 3.05) is 19.3 Å². The van der Waals surface area contributed by atoms with Crippen LogP contribution in [0.25, 0.3) is 0 Å². The molecule has 1 atom stereocenters. The summed E-state index contributed by atoms with van der Waals surface area (Å²) in [5.41, 5.74) is 6.12. The molecule has 0 fully saturated rings. The minimum atomic E-state index is 0.279. The molecule has 1 aromatic carbocycles. The SMILES string of the molecule is CC(C)N(C)CC[C@@H](N)CSc1ccccc1. The van der Waals surface area contributed by atoms with Crippen LogP contribution in [0.1, 0.15) is 20.3 Å². The van der Waals surface area contributed by atoms with Gasteiger partial charge in [-0.2, -0.15) is 0 Å². The molecule has 1 aromatic rings. The first-order valence-corrected chi connectivity index (χ1v) is 7.22. The smallest absolute Gasteiger partial charge is 0.0146 e. The number of thioether (sulfide) groups is 1. The second-order valence-corrected chi connectivity index (χ2v) is 5.84. The molecule has 0 amide bonds. The average molecular weight is 252 g/mol. The highest BCUT2D eigenvalue weighted by Crippen LogP contribution is 2.18. The van der Waals surface area contributed by atoms with Crippen LogP contribution in [0.4, 0.5) is 0 Å². The molecule has 1 rings (SSSR count). The summed E-state index contributed by atoms with van der Waals surface area (Å²) in [6.45, 7) is 5.50. The van der Waals surface area contributed by atoms with E-state index in [0.717, 1.165) is 18.7 Å². The number of hydrogen-bond donors (Lipinski definition) is 1. The molecule has 0 aromatic heterocycles. The van der Waals surface area contributed by atoms with Gasteiger partial charge in [-0.05, 0) is 46.0 Å². The maximum Gasteiger partial charge on any atom is 0.0146 e. The Hall–Kier alpha value is -0.510. The fourth-order valence-corrected chi connectivity index (χ4v) is 2.35. The maximum atomic E-state index is 6.12. The van der Waals surface area contributed by atoms with Gasteiger partial charge in [0.2, 0.25) is 0 Å². The predicted molar refractivity (Wildman–Crippen MR) is 77.5 cm³/mol. The summed E-state index contributed by atoms with van der Waals surface area (Å²) in [7, 11) is 2.15. The van der Waals surface area contributed by atoms with Gasteiger partial charge in [0.05, 0.1) is 0 Å². The average Bonchev–Trinajstić information content (AvgIpc) is 2.34. The van der Waals surface area contributed by atoms with Gasteiger partial charge in [-0.3, -0.25) is 0 Å². The predicted octanol–water partition coefficient (Wildman–Crippen LogP) is 2.84. The highest BCUT2D eigenvalue weighted by molar-refractivity contribution is 7.99. The molecule has 17 heavy (non-hydrogen) atoms. The minimum absolute atomic E-state index is 0.279. The first kappa shape index (κ1) is 14.6. The van der Waals surface area contributed by atoms with Crippen LogP contribution < -0.4 is 5.73 Å². The largest absolute Gasteiger partial charge is 0.327 e. The van der Waals surface area contributed by atoms with Gasteiger partial charge in [-0.1, -0.05) is 18.2 Å². The van der Waals surface area contributed by atoms with Crippen LogP contribution in [0, 0.1) is 0 Å². The zero-order valence-corrected chi connectivity index (χ0v) is 11.9. The Morgan fingerprint density at radius 1 is 1.24 bits per heavy atom. The van der Waals surface area contributed by atoms with Crippen molar-refractivity contribution in [3.8, 4) is 0 Å². The van der Waals surface area contributed by atoms with E-state index >= 15 is 0 Å². The molecule has 0 saturated carbocycles. The first-order valence-electron chi connectivity index (χ1n) is 6.23. The monoisotopic (exact) mass is 252 g/mol. The van der Waals surface area contributed by atoms with Gasteiger partial charge < -0.3 is 10.6 Å². The van der Waals surface area contributed by atoms with E-state index in [2.05, 4.69) is 50.1 Å². The fourth-order valence-electron chi connectivity index (χ4n) is 1.43. The Labute approximate surface area is 110 Å². The number of rotatable bonds is 7. The Morgan fingerprint density at radius 3 is 2.47 bits per heavy atom. The quantitative estimate of drug-likeness (QED) is 0.757. The maximum absolute atomic E-state index is 6.12. The third kappa shape index (κ3) is 6.10. The van der Waals surface area contributed by atoms with E-state index < -0.39 is 0 Å². The third-order valence-electron chi connectivity index (χ3n) is 2.94. The van der Waals surface area contributed by atoms with Crippen molar-refractivity contribution in [2.45, 2.75) is 37.2 Å². The Kier molecular flexibility index (Phi) is 6.63. The third-order valence-corrected chi connectivity index (χ3v) is 4.14. The van der Waals surface area contributed by atoms with Crippen molar-refractivity contribution >= 4 is 11.8 Å². The molecule has 0 aliphatic rings. The number of nitrogens with zero attached hydrogens (tertiary/aromatic N) is 1. The number of nitrogens with two attached hydrogens (primary N) is 1. The molecule has 0 unspecified atom stereocenters. The van der Waals surface area contributed by atoms with Gasteiger partial charge >= 0.3 is 0 Å². The van der Waals surface area contributed by atoms with Crippen LogP contribution in [-0.4, -0.2) is 36.3 Å². The Morgan fingerprint density at radius 2 is 1.88 bits per heavy atom. The highest BCUT2D eigenvalue weighted by Gasteiger charge is 2.07. The standard InChI is InChI=1S/C14H24N2S/c1-12(2)16(3)10-9-13(15)11-17-14-7-5-4-6-8-14/h4-8,12-13H,9-11,15H2,1-3H3/t13-/m1/s1. The first-order chi connectivity index (χ1) is 8.09. The lowest BCUT2D eigenvalue weighted by atomic mass is 10.2. The van der Waals surface area contributed by atoms with Crippen molar-refractivity contribution in [1.82, 2.24) is 4.90 Å². The normalized spacial score (nSPS) is 13.3. The van der Waals surface area contributed by atoms with E-state index in [1.54, 1.807) is 0 Å². The van der Waals surface area contributed by atoms with E-state index in [1.807, 2.05) is 17.8 Å². The molecule has 0 radical (unpaired) electrons. The van der Waals surface area contributed by atoms with Gasteiger partial charge in [0.25, 0.3) is 0 Å². The number of hydrogen-bond acceptors (Lipinski definition) is 3. The fraction of sp³-hybridized carbons (Fsp3) is 0.571. The van der Waals surface area contributed by atoms with Gasteiger partial charge in [-0.25, -0.2) is 0 Å². The lowest BCUT2D eigenvalue weighted by Gasteiger charge is -2.22. The Balaban J connectivity index is 2.19. The van der Waals surface area contributed by atoms with Gasteiger partial charge in [0, 0.05) is 22.7 Å². The highest BCUT2D eigenvalue weighted by atomic mass is 32.2. The lowest BCUT2D eigenvalue weighted by Crippen LogP contribution is -2.33. The Bertz CT molecular complexity index is 300. The summed E-state index contributed by atoms with van der Waals surface area (Å²) in [5, 5.41) is 0. The van der Waals surface area contributed by atoms with Crippen LogP contribution in [0.2, 0.25) is 0 Å². The molecular formula is C14H24N2S. The van der Waals surface area contributed by atoms with E-state index in [0.29, 0.717) is 6.04 Å². The van der Waals surface area contributed by atoms with Gasteiger partial charge in [0.15, 0.2) is 0 Å². The zero-order chi connectivity index (χ0) is 12.7. The minimum Gasteiger partial charge on any atom is -0.327 e. The van der Waals surface area contributed by atoms with Crippen LogP contribution in [0.15, 0.2) is 35.2 Å². The molecule has 3 heteroatoms. The molecule has 0 saturated heterocycles. The van der Waals surface area contributed by atoms with Crippen molar-refractivity contribution in [3.63, 3.8) is 0 Å².